The topological polar surface area (TPSA) is 73.2 Å². The molecule has 1 saturated carbocycles. The van der Waals surface area contributed by atoms with Gasteiger partial charge in [-0.25, -0.2) is 4.79 Å². The number of amides is 1. The molecule has 0 atom stereocenters. The highest BCUT2D eigenvalue weighted by atomic mass is 16.5. The van der Waals surface area contributed by atoms with Gasteiger partial charge in [0.15, 0.2) is 0 Å². The number of hydrogen-bond donors (Lipinski definition) is 1. The van der Waals surface area contributed by atoms with Crippen LogP contribution in [0.2, 0.25) is 0 Å². The molecular formula is C16H25N3O3. The highest BCUT2D eigenvalue weighted by Crippen LogP contribution is 2.31. The normalized spacial score (nSPS) is 17.3. The molecule has 1 fully saturated rings. The first-order valence-corrected chi connectivity index (χ1v) is 7.65. The van der Waals surface area contributed by atoms with Crippen LogP contribution in [-0.4, -0.2) is 34.3 Å². The highest BCUT2D eigenvalue weighted by Gasteiger charge is 2.44. The van der Waals surface area contributed by atoms with Crippen molar-refractivity contribution in [1.29, 1.82) is 0 Å². The number of esters is 1. The molecule has 1 N–H and O–H groups in total. The van der Waals surface area contributed by atoms with E-state index < -0.39 is 5.54 Å². The molecule has 0 aliphatic heterocycles. The van der Waals surface area contributed by atoms with E-state index in [1.807, 2.05) is 20.8 Å². The van der Waals surface area contributed by atoms with Gasteiger partial charge in [0, 0.05) is 12.5 Å². The zero-order chi connectivity index (χ0) is 16.5. The molecule has 2 rings (SSSR count). The minimum atomic E-state index is -0.891. The van der Waals surface area contributed by atoms with Gasteiger partial charge in [0.2, 0.25) is 0 Å². The molecule has 0 bridgehead atoms. The maximum atomic E-state index is 12.6. The highest BCUT2D eigenvalue weighted by molar-refractivity contribution is 5.97. The number of nitrogens with zero attached hydrogens (tertiary/aromatic N) is 2. The second-order valence-corrected chi connectivity index (χ2v) is 7.02. The molecule has 6 nitrogen and oxygen atoms in total. The van der Waals surface area contributed by atoms with E-state index in [2.05, 4.69) is 10.4 Å². The number of aromatic nitrogens is 2. The number of carbonyl (C=O) groups excluding carboxylic acids is 2. The van der Waals surface area contributed by atoms with Gasteiger partial charge in [-0.15, -0.1) is 0 Å². The van der Waals surface area contributed by atoms with Crippen LogP contribution in [0.5, 0.6) is 0 Å². The number of nitrogens with one attached hydrogen (secondary N) is 1. The van der Waals surface area contributed by atoms with Gasteiger partial charge in [0.1, 0.15) is 11.2 Å². The number of hydrogen-bond acceptors (Lipinski definition) is 4. The summed E-state index contributed by atoms with van der Waals surface area (Å²) >= 11 is 0. The molecule has 1 aliphatic carbocycles. The van der Waals surface area contributed by atoms with Gasteiger partial charge < -0.3 is 10.1 Å². The van der Waals surface area contributed by atoms with Crippen LogP contribution in [0.15, 0.2) is 6.07 Å². The maximum Gasteiger partial charge on any atom is 0.331 e. The van der Waals surface area contributed by atoms with Gasteiger partial charge in [-0.2, -0.15) is 5.10 Å². The van der Waals surface area contributed by atoms with Crippen LogP contribution >= 0.6 is 0 Å². The first kappa shape index (κ1) is 16.5. The standard InChI is InChI=1S/C16H25N3O3/c1-15(2,3)12-10-11(19(4)18-12)13(20)17-16(14(21)22-5)8-6-7-9-16/h10H,6-9H2,1-5H3,(H,17,20). The number of aryl methyl sites for hydroxylation is 1. The Morgan fingerprint density at radius 3 is 2.36 bits per heavy atom. The Morgan fingerprint density at radius 2 is 1.91 bits per heavy atom. The smallest absolute Gasteiger partial charge is 0.331 e. The summed E-state index contributed by atoms with van der Waals surface area (Å²) in [6.45, 7) is 6.14. The van der Waals surface area contributed by atoms with E-state index in [1.165, 1.54) is 7.11 Å². The fourth-order valence-corrected chi connectivity index (χ4v) is 2.88. The largest absolute Gasteiger partial charge is 0.467 e. The van der Waals surface area contributed by atoms with Crippen molar-refractivity contribution >= 4 is 11.9 Å². The van der Waals surface area contributed by atoms with Crippen molar-refractivity contribution in [2.24, 2.45) is 7.05 Å². The lowest BCUT2D eigenvalue weighted by Gasteiger charge is -2.27. The van der Waals surface area contributed by atoms with Crippen molar-refractivity contribution in [3.8, 4) is 0 Å². The molecule has 0 unspecified atom stereocenters. The van der Waals surface area contributed by atoms with E-state index in [9.17, 15) is 9.59 Å². The van der Waals surface area contributed by atoms with E-state index in [0.717, 1.165) is 18.5 Å². The zero-order valence-electron chi connectivity index (χ0n) is 14.0. The summed E-state index contributed by atoms with van der Waals surface area (Å²) in [6.07, 6.45) is 3.06. The molecule has 122 valence electrons. The summed E-state index contributed by atoms with van der Waals surface area (Å²) in [4.78, 5) is 24.7. The fraction of sp³-hybridized carbons (Fsp3) is 0.688. The van der Waals surface area contributed by atoms with Crippen molar-refractivity contribution in [3.05, 3.63) is 17.5 Å². The van der Waals surface area contributed by atoms with Gasteiger partial charge in [-0.1, -0.05) is 33.6 Å². The molecule has 1 aromatic rings. The SMILES string of the molecule is COC(=O)C1(NC(=O)c2cc(C(C)(C)C)nn2C)CCCC1. The number of ether oxygens (including phenoxy) is 1. The first-order chi connectivity index (χ1) is 10.2. The monoisotopic (exact) mass is 307 g/mol. The third-order valence-electron chi connectivity index (χ3n) is 4.27. The third kappa shape index (κ3) is 3.00. The van der Waals surface area contributed by atoms with Gasteiger partial charge in [0.25, 0.3) is 5.91 Å². The van der Waals surface area contributed by atoms with Crippen molar-refractivity contribution < 1.29 is 14.3 Å². The lowest BCUT2D eigenvalue weighted by atomic mass is 9.92. The minimum Gasteiger partial charge on any atom is -0.467 e. The predicted molar refractivity (Wildman–Crippen MR) is 82.6 cm³/mol. The molecular weight excluding hydrogens is 282 g/mol. The number of rotatable bonds is 3. The van der Waals surface area contributed by atoms with Crippen LogP contribution in [0.25, 0.3) is 0 Å². The Morgan fingerprint density at radius 1 is 1.32 bits per heavy atom. The van der Waals surface area contributed by atoms with E-state index >= 15 is 0 Å². The molecule has 0 spiro atoms. The van der Waals surface area contributed by atoms with Crippen LogP contribution in [0.4, 0.5) is 0 Å². The predicted octanol–water partition coefficient (Wildman–Crippen LogP) is 1.93. The van der Waals surface area contributed by atoms with Gasteiger partial charge in [-0.3, -0.25) is 9.48 Å². The summed E-state index contributed by atoms with van der Waals surface area (Å²) in [5.74, 6) is -0.644. The average molecular weight is 307 g/mol. The first-order valence-electron chi connectivity index (χ1n) is 7.65. The summed E-state index contributed by atoms with van der Waals surface area (Å²) in [6, 6.07) is 1.79. The maximum absolute atomic E-state index is 12.6. The molecule has 6 heteroatoms. The fourth-order valence-electron chi connectivity index (χ4n) is 2.88. The van der Waals surface area contributed by atoms with Crippen molar-refractivity contribution in [3.63, 3.8) is 0 Å². The molecule has 1 aliphatic rings. The van der Waals surface area contributed by atoms with Crippen molar-refractivity contribution in [2.75, 3.05) is 7.11 Å². The summed E-state index contributed by atoms with van der Waals surface area (Å²) < 4.78 is 6.45. The summed E-state index contributed by atoms with van der Waals surface area (Å²) in [5.41, 5.74) is 0.278. The molecule has 0 radical (unpaired) electrons. The molecule has 0 aromatic carbocycles. The van der Waals surface area contributed by atoms with E-state index in [4.69, 9.17) is 4.74 Å². The van der Waals surface area contributed by atoms with Crippen LogP contribution in [0, 0.1) is 0 Å². The minimum absolute atomic E-state index is 0.135. The van der Waals surface area contributed by atoms with Crippen LogP contribution in [-0.2, 0) is 22.0 Å². The second-order valence-electron chi connectivity index (χ2n) is 7.02. The summed E-state index contributed by atoms with van der Waals surface area (Å²) in [5, 5.41) is 7.30. The lowest BCUT2D eigenvalue weighted by Crippen LogP contribution is -2.53. The number of methoxy groups -OCH3 is 1. The quantitative estimate of drug-likeness (QED) is 0.866. The Hall–Kier alpha value is -1.85. The van der Waals surface area contributed by atoms with Crippen molar-refractivity contribution in [1.82, 2.24) is 15.1 Å². The van der Waals surface area contributed by atoms with Crippen LogP contribution in [0.1, 0.15) is 62.6 Å². The Kier molecular flexibility index (Phi) is 4.31. The van der Waals surface area contributed by atoms with Gasteiger partial charge in [-0.05, 0) is 18.9 Å². The molecule has 1 amide bonds. The Balaban J connectivity index is 2.25. The van der Waals surface area contributed by atoms with E-state index in [-0.39, 0.29) is 17.3 Å². The van der Waals surface area contributed by atoms with Gasteiger partial charge in [0.05, 0.1) is 12.8 Å². The van der Waals surface area contributed by atoms with Crippen molar-refractivity contribution in [2.45, 2.75) is 57.4 Å². The van der Waals surface area contributed by atoms with Crippen LogP contribution < -0.4 is 5.32 Å². The molecule has 1 aromatic heterocycles. The summed E-state index contributed by atoms with van der Waals surface area (Å²) in [7, 11) is 3.10. The Labute approximate surface area is 131 Å². The number of carbonyl (C=O) groups is 2. The zero-order valence-corrected chi connectivity index (χ0v) is 14.0. The van der Waals surface area contributed by atoms with E-state index in [0.29, 0.717) is 18.5 Å². The Bertz CT molecular complexity index is 578. The average Bonchev–Trinajstić information content (AvgIpc) is 3.04. The lowest BCUT2D eigenvalue weighted by molar-refractivity contribution is -0.148. The molecule has 0 saturated heterocycles. The van der Waals surface area contributed by atoms with Crippen LogP contribution in [0.3, 0.4) is 0 Å². The van der Waals surface area contributed by atoms with E-state index in [1.54, 1.807) is 17.8 Å². The van der Waals surface area contributed by atoms with Gasteiger partial charge >= 0.3 is 5.97 Å². The third-order valence-corrected chi connectivity index (χ3v) is 4.27. The molecule has 22 heavy (non-hydrogen) atoms. The molecule has 1 heterocycles. The second kappa shape index (κ2) is 5.74.